The first kappa shape index (κ1) is 42.0. The molecular formula is C52H50GeIrN4O-2. The second-order valence-corrected chi connectivity index (χ2v) is 27.6. The van der Waals surface area contributed by atoms with Crippen molar-refractivity contribution in [3.8, 4) is 39.5 Å². The maximum absolute atomic E-state index is 6.47. The van der Waals surface area contributed by atoms with Crippen LogP contribution in [0.2, 0.25) is 17.3 Å². The summed E-state index contributed by atoms with van der Waals surface area (Å²) in [5.74, 6) is 8.56. The minimum atomic E-state index is -1.73. The van der Waals surface area contributed by atoms with Crippen molar-refractivity contribution in [2.24, 2.45) is 0 Å². The standard InChI is InChI=1S/C37H32N3O.C15H18GeN.Ir/c1-22(2)29-19-26(25-12-7-6-8-13-25)20-30(23(3)4)35(29)40-33-17-10-9-16-32(33)39-37(40)28-15-11-14-27-31-18-24(5)38-21-34(31)41-36(27)28;1-12-5-7-13(8-6-12)15-10-9-14(11-17-15)16(2,3)4;/h6-14,16-23H,1-5H3;5-7,9-11H,1-4H3;/q2*-1;. The summed E-state index contributed by atoms with van der Waals surface area (Å²) in [4.78, 5) is 14.3. The molecule has 5 aromatic carbocycles. The summed E-state index contributed by atoms with van der Waals surface area (Å²) in [7, 11) is 0. The average molecular weight is 1010 g/mol. The van der Waals surface area contributed by atoms with Crippen molar-refractivity contribution in [1.82, 2.24) is 19.5 Å². The number of para-hydroxylation sites is 2. The number of hydrogen-bond acceptors (Lipinski definition) is 4. The van der Waals surface area contributed by atoms with Crippen LogP contribution in [0.4, 0.5) is 0 Å². The largest absolute Gasteiger partial charge is 0.499 e. The van der Waals surface area contributed by atoms with E-state index in [-0.39, 0.29) is 20.1 Å². The van der Waals surface area contributed by atoms with E-state index in [4.69, 9.17) is 9.40 Å². The van der Waals surface area contributed by atoms with Gasteiger partial charge in [0.2, 0.25) is 0 Å². The molecule has 0 fully saturated rings. The maximum Gasteiger partial charge on any atom is 0.139 e. The van der Waals surface area contributed by atoms with Crippen molar-refractivity contribution in [2.45, 2.75) is 70.6 Å². The van der Waals surface area contributed by atoms with Crippen molar-refractivity contribution in [1.29, 1.82) is 0 Å². The van der Waals surface area contributed by atoms with Crippen molar-refractivity contribution < 1.29 is 24.5 Å². The van der Waals surface area contributed by atoms with Gasteiger partial charge in [0.15, 0.2) is 0 Å². The van der Waals surface area contributed by atoms with Crippen LogP contribution in [0, 0.1) is 26.0 Å². The van der Waals surface area contributed by atoms with Crippen LogP contribution in [0.5, 0.6) is 0 Å². The Kier molecular flexibility index (Phi) is 12.3. The summed E-state index contributed by atoms with van der Waals surface area (Å²) in [6, 6.07) is 47.2. The predicted molar refractivity (Wildman–Crippen MR) is 245 cm³/mol. The number of hydrogen-bond donors (Lipinski definition) is 0. The van der Waals surface area contributed by atoms with Gasteiger partial charge in [-0.1, -0.05) is 81.1 Å². The molecular weight excluding hydrogens is 961 g/mol. The van der Waals surface area contributed by atoms with E-state index in [2.05, 4.69) is 182 Å². The second-order valence-electron chi connectivity index (χ2n) is 16.9. The van der Waals surface area contributed by atoms with E-state index in [1.54, 1.807) is 0 Å². The zero-order chi connectivity index (χ0) is 40.7. The van der Waals surface area contributed by atoms with Crippen molar-refractivity contribution >= 4 is 50.6 Å². The van der Waals surface area contributed by atoms with Gasteiger partial charge < -0.3 is 8.98 Å². The van der Waals surface area contributed by atoms with E-state index in [0.717, 1.165) is 61.3 Å². The summed E-state index contributed by atoms with van der Waals surface area (Å²) < 4.78 is 10.3. The van der Waals surface area contributed by atoms with Gasteiger partial charge in [-0.2, -0.15) is 0 Å². The molecule has 5 nitrogen and oxygen atoms in total. The Morgan fingerprint density at radius 1 is 0.695 bits per heavy atom. The van der Waals surface area contributed by atoms with E-state index < -0.39 is 13.3 Å². The van der Waals surface area contributed by atoms with Crippen LogP contribution in [0.15, 0.2) is 132 Å². The third-order valence-corrected chi connectivity index (χ3v) is 15.1. The smallest absolute Gasteiger partial charge is 0.139 e. The predicted octanol–water partition coefficient (Wildman–Crippen LogP) is 13.4. The summed E-state index contributed by atoms with van der Waals surface area (Å²) in [6.07, 6.45) is 3.86. The summed E-state index contributed by atoms with van der Waals surface area (Å²) in [6.45, 7) is 13.2. The molecule has 0 atom stereocenters. The first-order valence-corrected chi connectivity index (χ1v) is 27.6. The Hall–Kier alpha value is -5.14. The van der Waals surface area contributed by atoms with Crippen LogP contribution in [-0.4, -0.2) is 32.8 Å². The average Bonchev–Trinajstić information content (AvgIpc) is 3.79. The first-order chi connectivity index (χ1) is 27.9. The van der Waals surface area contributed by atoms with Gasteiger partial charge in [0, 0.05) is 36.9 Å². The van der Waals surface area contributed by atoms with E-state index in [1.165, 1.54) is 37.9 Å². The van der Waals surface area contributed by atoms with Crippen molar-refractivity contribution in [3.63, 3.8) is 0 Å². The quantitative estimate of drug-likeness (QED) is 0.118. The Balaban J connectivity index is 0.000000247. The molecule has 0 aliphatic rings. The fourth-order valence-electron chi connectivity index (χ4n) is 7.61. The number of aryl methyl sites for hydroxylation is 2. The van der Waals surface area contributed by atoms with E-state index in [9.17, 15) is 0 Å². The number of pyridine rings is 2. The molecule has 0 aliphatic carbocycles. The molecule has 0 aliphatic heterocycles. The molecule has 9 rings (SSSR count). The summed E-state index contributed by atoms with van der Waals surface area (Å²) >= 11 is -1.73. The molecule has 0 saturated heterocycles. The van der Waals surface area contributed by atoms with Gasteiger partial charge in [0.1, 0.15) is 5.58 Å². The number of aromatic nitrogens is 4. The third-order valence-electron chi connectivity index (χ3n) is 10.9. The maximum atomic E-state index is 6.47. The van der Waals surface area contributed by atoms with E-state index in [1.807, 2.05) is 31.5 Å². The fourth-order valence-corrected chi connectivity index (χ4v) is 9.78. The number of imidazole rings is 1. The Morgan fingerprint density at radius 3 is 2.05 bits per heavy atom. The molecule has 4 aromatic heterocycles. The van der Waals surface area contributed by atoms with Crippen molar-refractivity contribution in [3.05, 3.63) is 162 Å². The van der Waals surface area contributed by atoms with Crippen molar-refractivity contribution in [2.75, 3.05) is 0 Å². The number of rotatable bonds is 7. The Bertz CT molecular complexity index is 2860. The molecule has 0 N–H and O–H groups in total. The van der Waals surface area contributed by atoms with Crippen LogP contribution in [0.25, 0.3) is 72.4 Å². The summed E-state index contributed by atoms with van der Waals surface area (Å²) in [5.41, 5.74) is 14.9. The first-order valence-electron chi connectivity index (χ1n) is 20.2. The molecule has 0 bridgehead atoms. The number of nitrogens with zero attached hydrogens (tertiary/aromatic N) is 4. The molecule has 9 aromatic rings. The number of benzene rings is 5. The Labute approximate surface area is 364 Å². The zero-order valence-corrected chi connectivity index (χ0v) is 39.8. The minimum Gasteiger partial charge on any atom is -0.499 e. The van der Waals surface area contributed by atoms with Crippen LogP contribution in [-0.2, 0) is 20.1 Å². The summed E-state index contributed by atoms with van der Waals surface area (Å²) in [5, 5.41) is 2.11. The SMILES string of the molecule is Cc1c[c-]c(-c2cc[c]([Ge]([CH3])([CH3])[CH3])cn2)cc1.Cc1cc2c(cn1)oc1c(-c3nc4ccccc4n3-c3c(C(C)C)cc(-c4ccccc4)cc3C(C)C)[c-]ccc12.[Ir]. The molecule has 59 heavy (non-hydrogen) atoms. The molecule has 299 valence electrons. The van der Waals surface area contributed by atoms with Crippen LogP contribution >= 0.6 is 0 Å². The van der Waals surface area contributed by atoms with Crippen LogP contribution in [0.3, 0.4) is 0 Å². The monoisotopic (exact) mass is 1010 g/mol. The van der Waals surface area contributed by atoms with Gasteiger partial charge in [-0.3, -0.25) is 9.97 Å². The topological polar surface area (TPSA) is 56.7 Å². The van der Waals surface area contributed by atoms with Gasteiger partial charge in [-0.05, 0) is 71.3 Å². The third kappa shape index (κ3) is 8.50. The zero-order valence-electron chi connectivity index (χ0n) is 35.3. The van der Waals surface area contributed by atoms with Gasteiger partial charge in [-0.25, -0.2) is 0 Å². The molecule has 0 spiro atoms. The molecule has 1 radical (unpaired) electrons. The van der Waals surface area contributed by atoms with Gasteiger partial charge in [-0.15, -0.1) is 18.2 Å². The second kappa shape index (κ2) is 17.2. The molecule has 0 saturated carbocycles. The van der Waals surface area contributed by atoms with E-state index in [0.29, 0.717) is 11.8 Å². The van der Waals surface area contributed by atoms with Gasteiger partial charge >= 0.3 is 106 Å². The van der Waals surface area contributed by atoms with Crippen LogP contribution < -0.4 is 4.40 Å². The molecule has 4 heterocycles. The number of furan rings is 1. The number of fused-ring (bicyclic) bond motifs is 4. The normalized spacial score (nSPS) is 11.6. The van der Waals surface area contributed by atoms with Gasteiger partial charge in [0.25, 0.3) is 0 Å². The van der Waals surface area contributed by atoms with Crippen LogP contribution in [0.1, 0.15) is 61.9 Å². The van der Waals surface area contributed by atoms with E-state index >= 15 is 0 Å². The van der Waals surface area contributed by atoms with Gasteiger partial charge in [0.05, 0.1) is 28.6 Å². The molecule has 0 amide bonds. The molecule has 7 heteroatoms. The minimum absolute atomic E-state index is 0. The fraction of sp³-hybridized carbons (Fsp3) is 0.212. The molecule has 0 unspecified atom stereocenters. The Morgan fingerprint density at radius 2 is 1.41 bits per heavy atom.